The van der Waals surface area contributed by atoms with Gasteiger partial charge in [-0.25, -0.2) is 14.5 Å². The summed E-state index contributed by atoms with van der Waals surface area (Å²) in [6, 6.07) is 14.9. The van der Waals surface area contributed by atoms with Crippen LogP contribution in [0.2, 0.25) is 0 Å². The molecule has 8 nitrogen and oxygen atoms in total. The van der Waals surface area contributed by atoms with Gasteiger partial charge in [0, 0.05) is 12.5 Å². The lowest BCUT2D eigenvalue weighted by Gasteiger charge is -2.24. The van der Waals surface area contributed by atoms with E-state index in [0.29, 0.717) is 30.3 Å². The van der Waals surface area contributed by atoms with Gasteiger partial charge in [-0.2, -0.15) is 5.10 Å². The summed E-state index contributed by atoms with van der Waals surface area (Å²) in [6.45, 7) is 1.00. The van der Waals surface area contributed by atoms with Gasteiger partial charge in [-0.1, -0.05) is 30.3 Å². The van der Waals surface area contributed by atoms with Crippen molar-refractivity contribution in [3.05, 3.63) is 66.2 Å². The average Bonchev–Trinajstić information content (AvgIpc) is 3.21. The van der Waals surface area contributed by atoms with Crippen LogP contribution < -0.4 is 20.1 Å². The number of aryl methyl sites for hydroxylation is 1. The molecule has 3 aromatic rings. The highest BCUT2D eigenvalue weighted by Crippen LogP contribution is 2.30. The molecule has 2 aromatic carbocycles. The number of hydrogen-bond acceptors (Lipinski definition) is 5. The predicted molar refractivity (Wildman–Crippen MR) is 108 cm³/mol. The maximum atomic E-state index is 12.6. The van der Waals surface area contributed by atoms with Gasteiger partial charge < -0.3 is 20.1 Å². The number of anilines is 1. The van der Waals surface area contributed by atoms with E-state index in [1.165, 1.54) is 0 Å². The number of ether oxygens (including phenoxy) is 2. The van der Waals surface area contributed by atoms with Crippen LogP contribution in [0.4, 0.5) is 10.5 Å². The summed E-state index contributed by atoms with van der Waals surface area (Å²) in [5.41, 5.74) is 1.62. The van der Waals surface area contributed by atoms with E-state index in [9.17, 15) is 4.79 Å². The van der Waals surface area contributed by atoms with Gasteiger partial charge in [0.15, 0.2) is 0 Å². The second-order valence-corrected chi connectivity index (χ2v) is 6.83. The summed E-state index contributed by atoms with van der Waals surface area (Å²) < 4.78 is 13.1. The molecule has 0 saturated heterocycles. The smallest absolute Gasteiger partial charge is 0.319 e. The first kappa shape index (κ1) is 18.8. The quantitative estimate of drug-likeness (QED) is 0.672. The fourth-order valence-electron chi connectivity index (χ4n) is 3.29. The molecule has 2 amide bonds. The Kier molecular flexibility index (Phi) is 5.60. The van der Waals surface area contributed by atoms with Gasteiger partial charge in [-0.15, -0.1) is 0 Å². The van der Waals surface area contributed by atoms with E-state index in [4.69, 9.17) is 9.47 Å². The van der Waals surface area contributed by atoms with Gasteiger partial charge in [-0.05, 0) is 24.1 Å². The molecule has 0 radical (unpaired) electrons. The third-order valence-electron chi connectivity index (χ3n) is 4.81. The van der Waals surface area contributed by atoms with E-state index in [-0.39, 0.29) is 12.1 Å². The Hall–Kier alpha value is -3.55. The fraction of sp³-hybridized carbons (Fsp3) is 0.286. The van der Waals surface area contributed by atoms with Crippen LogP contribution in [-0.2, 0) is 19.6 Å². The molecular weight excluding hydrogens is 370 g/mol. The summed E-state index contributed by atoms with van der Waals surface area (Å²) in [6.07, 6.45) is 3.16. The number of amides is 2. The minimum Gasteiger partial charge on any atom is -0.497 e. The van der Waals surface area contributed by atoms with E-state index in [1.54, 1.807) is 31.6 Å². The number of carbonyl (C=O) groups excluding carboxylic acids is 1. The van der Waals surface area contributed by atoms with E-state index in [0.717, 1.165) is 24.2 Å². The molecule has 1 atom stereocenters. The first-order valence-electron chi connectivity index (χ1n) is 9.50. The summed E-state index contributed by atoms with van der Waals surface area (Å²) in [4.78, 5) is 16.8. The second kappa shape index (κ2) is 8.64. The zero-order valence-electron chi connectivity index (χ0n) is 16.2. The summed E-state index contributed by atoms with van der Waals surface area (Å²) in [5, 5.41) is 10.1. The summed E-state index contributed by atoms with van der Waals surface area (Å²) in [7, 11) is 1.59. The van der Waals surface area contributed by atoms with Gasteiger partial charge >= 0.3 is 6.03 Å². The largest absolute Gasteiger partial charge is 0.497 e. The number of aromatic nitrogens is 3. The Balaban J connectivity index is 1.41. The highest BCUT2D eigenvalue weighted by Gasteiger charge is 2.21. The lowest BCUT2D eigenvalue weighted by Crippen LogP contribution is -2.43. The SMILES string of the molecule is COc1ccc(NC(=O)NC2CCc3ncnn3C2)c(OCc2ccccc2)c1. The maximum absolute atomic E-state index is 12.6. The zero-order valence-corrected chi connectivity index (χ0v) is 16.2. The highest BCUT2D eigenvalue weighted by molar-refractivity contribution is 5.91. The standard InChI is InChI=1S/C21H23N5O3/c1-28-17-8-9-18(19(11-17)29-13-15-5-3-2-4-6-15)25-21(27)24-16-7-10-20-22-14-23-26(20)12-16/h2-6,8-9,11,14,16H,7,10,12-13H2,1H3,(H2,24,25,27). The normalized spacial score (nSPS) is 15.3. The Morgan fingerprint density at radius 3 is 2.93 bits per heavy atom. The van der Waals surface area contributed by atoms with E-state index < -0.39 is 0 Å². The Morgan fingerprint density at radius 1 is 1.24 bits per heavy atom. The predicted octanol–water partition coefficient (Wildman–Crippen LogP) is 3.00. The van der Waals surface area contributed by atoms with Crippen LogP contribution in [-0.4, -0.2) is 33.9 Å². The summed E-state index contributed by atoms with van der Waals surface area (Å²) >= 11 is 0. The van der Waals surface area contributed by atoms with Gasteiger partial charge in [0.2, 0.25) is 0 Å². The number of methoxy groups -OCH3 is 1. The number of nitrogens with zero attached hydrogens (tertiary/aromatic N) is 3. The van der Waals surface area contributed by atoms with Crippen molar-refractivity contribution in [1.82, 2.24) is 20.1 Å². The third kappa shape index (κ3) is 4.66. The van der Waals surface area contributed by atoms with E-state index in [1.807, 2.05) is 35.0 Å². The number of carbonyl (C=O) groups is 1. The molecule has 0 spiro atoms. The van der Waals surface area contributed by atoms with Gasteiger partial charge in [-0.3, -0.25) is 0 Å². The number of nitrogens with one attached hydrogen (secondary N) is 2. The van der Waals surface area contributed by atoms with E-state index >= 15 is 0 Å². The van der Waals surface area contributed by atoms with Crippen molar-refractivity contribution in [2.45, 2.75) is 32.0 Å². The van der Waals surface area contributed by atoms with Gasteiger partial charge in [0.1, 0.15) is 30.3 Å². The molecule has 8 heteroatoms. The molecule has 0 fully saturated rings. The highest BCUT2D eigenvalue weighted by atomic mass is 16.5. The minimum atomic E-state index is -0.284. The third-order valence-corrected chi connectivity index (χ3v) is 4.81. The molecule has 1 aromatic heterocycles. The van der Waals surface area contributed by atoms with Crippen molar-refractivity contribution in [1.29, 1.82) is 0 Å². The van der Waals surface area contributed by atoms with E-state index in [2.05, 4.69) is 20.7 Å². The Bertz CT molecular complexity index is 973. The topological polar surface area (TPSA) is 90.3 Å². The molecule has 0 aliphatic carbocycles. The minimum absolute atomic E-state index is 0.00358. The van der Waals surface area contributed by atoms with Crippen LogP contribution in [0.1, 0.15) is 17.8 Å². The molecule has 1 unspecified atom stereocenters. The number of fused-ring (bicyclic) bond motifs is 1. The van der Waals surface area contributed by atoms with Crippen LogP contribution in [0, 0.1) is 0 Å². The van der Waals surface area contributed by atoms with Crippen molar-refractivity contribution < 1.29 is 14.3 Å². The lowest BCUT2D eigenvalue weighted by molar-refractivity contribution is 0.243. The zero-order chi connectivity index (χ0) is 20.1. The Morgan fingerprint density at radius 2 is 2.10 bits per heavy atom. The molecule has 1 aliphatic rings. The van der Waals surface area contributed by atoms with Crippen LogP contribution in [0.5, 0.6) is 11.5 Å². The van der Waals surface area contributed by atoms with Crippen molar-refractivity contribution in [3.8, 4) is 11.5 Å². The van der Waals surface area contributed by atoms with Crippen LogP contribution >= 0.6 is 0 Å². The summed E-state index contributed by atoms with van der Waals surface area (Å²) in [5.74, 6) is 2.16. The number of hydrogen-bond donors (Lipinski definition) is 2. The Labute approximate surface area is 168 Å². The van der Waals surface area contributed by atoms with Crippen molar-refractivity contribution in [3.63, 3.8) is 0 Å². The molecule has 0 saturated carbocycles. The first-order chi connectivity index (χ1) is 14.2. The molecule has 0 bridgehead atoms. The van der Waals surface area contributed by atoms with Crippen molar-refractivity contribution in [2.75, 3.05) is 12.4 Å². The van der Waals surface area contributed by atoms with Gasteiger partial charge in [0.05, 0.1) is 25.4 Å². The lowest BCUT2D eigenvalue weighted by atomic mass is 10.1. The van der Waals surface area contributed by atoms with Crippen LogP contribution in [0.15, 0.2) is 54.9 Å². The maximum Gasteiger partial charge on any atom is 0.319 e. The molecule has 29 heavy (non-hydrogen) atoms. The van der Waals surface area contributed by atoms with Crippen molar-refractivity contribution in [2.24, 2.45) is 0 Å². The van der Waals surface area contributed by atoms with Crippen molar-refractivity contribution >= 4 is 11.7 Å². The van der Waals surface area contributed by atoms with Crippen LogP contribution in [0.3, 0.4) is 0 Å². The monoisotopic (exact) mass is 393 g/mol. The number of urea groups is 1. The molecular formula is C21H23N5O3. The molecule has 1 aliphatic heterocycles. The first-order valence-corrected chi connectivity index (χ1v) is 9.50. The van der Waals surface area contributed by atoms with Crippen LogP contribution in [0.25, 0.3) is 0 Å². The average molecular weight is 393 g/mol. The second-order valence-electron chi connectivity index (χ2n) is 6.83. The molecule has 2 heterocycles. The molecule has 150 valence electrons. The fourth-order valence-corrected chi connectivity index (χ4v) is 3.29. The number of rotatable bonds is 6. The molecule has 4 rings (SSSR count). The molecule has 2 N–H and O–H groups in total. The number of benzene rings is 2. The van der Waals surface area contributed by atoms with Gasteiger partial charge in [0.25, 0.3) is 0 Å².